The molecule has 16 heavy (non-hydrogen) atoms. The van der Waals surface area contributed by atoms with Gasteiger partial charge in [0.1, 0.15) is 5.75 Å². The summed E-state index contributed by atoms with van der Waals surface area (Å²) in [5.74, 6) is -0.262. The van der Waals surface area contributed by atoms with Gasteiger partial charge in [0, 0.05) is 7.05 Å². The highest BCUT2D eigenvalue weighted by atomic mass is 32.1. The molecule has 0 spiro atoms. The van der Waals surface area contributed by atoms with E-state index in [1.165, 1.54) is 18.2 Å². The van der Waals surface area contributed by atoms with Crippen LogP contribution in [0.4, 0.5) is 13.2 Å². The number of nitrogens with one attached hydrogen (secondary N) is 1. The number of rotatable bonds is 1. The molecule has 0 atom stereocenters. The lowest BCUT2D eigenvalue weighted by Crippen LogP contribution is -2.16. The molecule has 1 N–H and O–H groups in total. The van der Waals surface area contributed by atoms with Crippen molar-refractivity contribution in [2.75, 3.05) is 0 Å². The minimum Gasteiger partial charge on any atom is -0.406 e. The van der Waals surface area contributed by atoms with Crippen LogP contribution >= 0.6 is 11.3 Å². The van der Waals surface area contributed by atoms with Gasteiger partial charge in [-0.1, -0.05) is 11.3 Å². The number of ether oxygens (including phenoxy) is 1. The zero-order valence-electron chi connectivity index (χ0n) is 8.13. The highest BCUT2D eigenvalue weighted by molar-refractivity contribution is 7.16. The van der Waals surface area contributed by atoms with Crippen molar-refractivity contribution < 1.29 is 17.9 Å². The largest absolute Gasteiger partial charge is 0.573 e. The van der Waals surface area contributed by atoms with Crippen LogP contribution in [0.5, 0.6) is 5.75 Å². The number of alkyl halides is 3. The summed E-state index contributed by atoms with van der Waals surface area (Å²) in [7, 11) is 1.69. The molecule has 2 aromatic rings. The maximum Gasteiger partial charge on any atom is 0.573 e. The fraction of sp³-hybridized carbons (Fsp3) is 0.222. The van der Waals surface area contributed by atoms with Crippen LogP contribution in [0.2, 0.25) is 0 Å². The van der Waals surface area contributed by atoms with E-state index in [2.05, 4.69) is 4.74 Å². The summed E-state index contributed by atoms with van der Waals surface area (Å²) in [5, 5.41) is 7.52. The van der Waals surface area contributed by atoms with Gasteiger partial charge in [-0.15, -0.1) is 13.2 Å². The first-order valence-electron chi connectivity index (χ1n) is 4.27. The standard InChI is InChI=1S/C9H7F3N2OS/c1-14-6-3-2-5(15-9(10,11)12)4-7(6)16-8(14)13/h2-4,13H,1H3. The van der Waals surface area contributed by atoms with Crippen molar-refractivity contribution in [2.24, 2.45) is 7.05 Å². The summed E-state index contributed by atoms with van der Waals surface area (Å²) in [6, 6.07) is 4.03. The minimum absolute atomic E-state index is 0.262. The Morgan fingerprint density at radius 2 is 2.06 bits per heavy atom. The minimum atomic E-state index is -4.68. The monoisotopic (exact) mass is 248 g/mol. The highest BCUT2D eigenvalue weighted by Crippen LogP contribution is 2.27. The third-order valence-corrected chi connectivity index (χ3v) is 3.05. The van der Waals surface area contributed by atoms with Crippen molar-refractivity contribution in [3.63, 3.8) is 0 Å². The van der Waals surface area contributed by atoms with Gasteiger partial charge in [-0.2, -0.15) is 0 Å². The first-order chi connectivity index (χ1) is 7.37. The Bertz CT molecular complexity index is 584. The van der Waals surface area contributed by atoms with Gasteiger partial charge in [0.15, 0.2) is 4.80 Å². The second-order valence-electron chi connectivity index (χ2n) is 3.14. The fourth-order valence-electron chi connectivity index (χ4n) is 1.33. The first-order valence-corrected chi connectivity index (χ1v) is 5.08. The first kappa shape index (κ1) is 11.0. The Morgan fingerprint density at radius 1 is 1.38 bits per heavy atom. The Kier molecular flexibility index (Phi) is 2.42. The van der Waals surface area contributed by atoms with Crippen molar-refractivity contribution >= 4 is 21.6 Å². The molecule has 0 bridgehead atoms. The van der Waals surface area contributed by atoms with Crippen molar-refractivity contribution in [3.8, 4) is 5.75 Å². The van der Waals surface area contributed by atoms with E-state index in [-0.39, 0.29) is 10.6 Å². The summed E-state index contributed by atoms with van der Waals surface area (Å²) in [6.07, 6.45) is -4.68. The quantitative estimate of drug-likeness (QED) is 0.827. The molecule has 0 amide bonds. The van der Waals surface area contributed by atoms with Crippen LogP contribution in [0.1, 0.15) is 0 Å². The van der Waals surface area contributed by atoms with Crippen molar-refractivity contribution in [1.29, 1.82) is 5.41 Å². The van der Waals surface area contributed by atoms with E-state index in [0.29, 0.717) is 10.2 Å². The van der Waals surface area contributed by atoms with E-state index in [1.807, 2.05) is 0 Å². The number of benzene rings is 1. The number of aromatic nitrogens is 1. The molecule has 1 aromatic carbocycles. The SMILES string of the molecule is Cn1c(=N)sc2cc(OC(F)(F)F)ccc21. The van der Waals surface area contributed by atoms with Gasteiger partial charge >= 0.3 is 6.36 Å². The number of hydrogen-bond acceptors (Lipinski definition) is 3. The third kappa shape index (κ3) is 2.04. The second-order valence-corrected chi connectivity index (χ2v) is 4.17. The molecule has 0 radical (unpaired) electrons. The molecule has 7 heteroatoms. The number of hydrogen-bond donors (Lipinski definition) is 1. The molecule has 0 aliphatic heterocycles. The number of thiazole rings is 1. The molecule has 3 nitrogen and oxygen atoms in total. The summed E-state index contributed by atoms with van der Waals surface area (Å²) in [4.78, 5) is 0.277. The van der Waals surface area contributed by atoms with E-state index in [9.17, 15) is 13.2 Å². The number of halogens is 3. The summed E-state index contributed by atoms with van der Waals surface area (Å²) in [6.45, 7) is 0. The van der Waals surface area contributed by atoms with Gasteiger partial charge in [-0.05, 0) is 18.2 Å². The Balaban J connectivity index is 2.49. The van der Waals surface area contributed by atoms with Crippen LogP contribution < -0.4 is 9.54 Å². The van der Waals surface area contributed by atoms with Crippen LogP contribution in [0, 0.1) is 5.41 Å². The molecule has 86 valence electrons. The maximum absolute atomic E-state index is 12.0. The van der Waals surface area contributed by atoms with E-state index in [1.54, 1.807) is 11.6 Å². The Morgan fingerprint density at radius 3 is 2.69 bits per heavy atom. The molecule has 2 rings (SSSR count). The van der Waals surface area contributed by atoms with E-state index in [4.69, 9.17) is 5.41 Å². The van der Waals surface area contributed by atoms with Gasteiger partial charge in [0.2, 0.25) is 0 Å². The summed E-state index contributed by atoms with van der Waals surface area (Å²) in [5.41, 5.74) is 0.713. The average molecular weight is 248 g/mol. The van der Waals surface area contributed by atoms with Crippen LogP contribution in [-0.2, 0) is 7.05 Å². The number of fused-ring (bicyclic) bond motifs is 1. The van der Waals surface area contributed by atoms with Gasteiger partial charge in [0.05, 0.1) is 10.2 Å². The lowest BCUT2D eigenvalue weighted by Gasteiger charge is -2.08. The van der Waals surface area contributed by atoms with Crippen LogP contribution in [-0.4, -0.2) is 10.9 Å². The van der Waals surface area contributed by atoms with Gasteiger partial charge in [-0.3, -0.25) is 5.41 Å². The smallest absolute Gasteiger partial charge is 0.406 e. The maximum atomic E-state index is 12.0. The van der Waals surface area contributed by atoms with Crippen LogP contribution in [0.3, 0.4) is 0 Å². The predicted octanol–water partition coefficient (Wildman–Crippen LogP) is 2.62. The molecule has 1 aromatic heterocycles. The molecular formula is C9H7F3N2OS. The van der Waals surface area contributed by atoms with Crippen molar-refractivity contribution in [2.45, 2.75) is 6.36 Å². The van der Waals surface area contributed by atoms with Crippen molar-refractivity contribution in [1.82, 2.24) is 4.57 Å². The van der Waals surface area contributed by atoms with Crippen LogP contribution in [0.15, 0.2) is 18.2 Å². The number of aryl methyl sites for hydroxylation is 1. The van der Waals surface area contributed by atoms with E-state index >= 15 is 0 Å². The Labute approximate surface area is 92.2 Å². The summed E-state index contributed by atoms with van der Waals surface area (Å²) >= 11 is 1.10. The molecule has 0 saturated heterocycles. The van der Waals surface area contributed by atoms with E-state index < -0.39 is 6.36 Å². The lowest BCUT2D eigenvalue weighted by molar-refractivity contribution is -0.274. The second kappa shape index (κ2) is 3.51. The highest BCUT2D eigenvalue weighted by Gasteiger charge is 2.31. The topological polar surface area (TPSA) is 38.0 Å². The van der Waals surface area contributed by atoms with Crippen LogP contribution in [0.25, 0.3) is 10.2 Å². The zero-order chi connectivity index (χ0) is 11.9. The third-order valence-electron chi connectivity index (χ3n) is 2.04. The molecule has 1 heterocycles. The van der Waals surface area contributed by atoms with Gasteiger partial charge in [0.25, 0.3) is 0 Å². The molecule has 0 saturated carbocycles. The number of nitrogens with zero attached hydrogens (tertiary/aromatic N) is 1. The van der Waals surface area contributed by atoms with Crippen molar-refractivity contribution in [3.05, 3.63) is 23.0 Å². The predicted molar refractivity (Wildman–Crippen MR) is 53.3 cm³/mol. The van der Waals surface area contributed by atoms with Gasteiger partial charge < -0.3 is 9.30 Å². The Hall–Kier alpha value is -1.50. The zero-order valence-corrected chi connectivity index (χ0v) is 8.95. The van der Waals surface area contributed by atoms with Gasteiger partial charge in [-0.25, -0.2) is 0 Å². The average Bonchev–Trinajstić information content (AvgIpc) is 2.40. The molecule has 0 aliphatic rings. The fourth-order valence-corrected chi connectivity index (χ4v) is 2.26. The lowest BCUT2D eigenvalue weighted by atomic mass is 10.3. The molecular weight excluding hydrogens is 241 g/mol. The molecule has 0 aliphatic carbocycles. The molecule has 0 unspecified atom stereocenters. The normalized spacial score (nSPS) is 12.0. The summed E-state index contributed by atoms with van der Waals surface area (Å²) < 4.78 is 41.9. The molecule has 0 fully saturated rings. The van der Waals surface area contributed by atoms with E-state index in [0.717, 1.165) is 11.3 Å².